The Kier molecular flexibility index (Phi) is 10.9. The minimum Gasteiger partial charge on any atom is -0.493 e. The number of nitrogens with zero attached hydrogens (tertiary/aromatic N) is 1. The van der Waals surface area contributed by atoms with Crippen LogP contribution in [0.1, 0.15) is 26.8 Å². The molecule has 1 saturated heterocycles. The number of carbonyl (C=O) groups is 1. The van der Waals surface area contributed by atoms with Crippen LogP contribution in [-0.2, 0) is 17.8 Å². The number of carbonyl (C=O) groups excluding carboxylic acids is 1. The maximum atomic E-state index is 12.3. The molecule has 0 saturated carbocycles. The van der Waals surface area contributed by atoms with Crippen LogP contribution in [0.25, 0.3) is 0 Å². The lowest BCUT2D eigenvalue weighted by Crippen LogP contribution is -2.24. The summed E-state index contributed by atoms with van der Waals surface area (Å²) in [5.41, 5.74) is 6.22. The Morgan fingerprint density at radius 3 is 2.54 bits per heavy atom. The topological polar surface area (TPSA) is 69.2 Å². The zero-order valence-electron chi connectivity index (χ0n) is 21.3. The van der Waals surface area contributed by atoms with Gasteiger partial charge in [0.1, 0.15) is 12.4 Å². The summed E-state index contributed by atoms with van der Waals surface area (Å²) in [4.78, 5) is 12.3. The third-order valence-corrected chi connectivity index (χ3v) is 9.50. The molecule has 1 aliphatic rings. The first-order valence-corrected chi connectivity index (χ1v) is 15.0. The standard InChI is InChI=1S/C29H28Cl2N2O4S2/c1-3-4-22-13-20(15-26(35-2)28(22)37-17-19-5-10-24(30)25(31)14-19)16-32-33-27(34)18-36-23-8-6-21(7-9-23)29-38-11-12-39-29/h3,5-10,13-16,29H,1,4,11-12,17-18H2,2H3,(H,33,34)/b32-16-. The fraction of sp³-hybridized carbons (Fsp3) is 0.241. The number of rotatable bonds is 12. The number of ether oxygens (including phenoxy) is 3. The molecule has 1 amide bonds. The van der Waals surface area contributed by atoms with Crippen LogP contribution in [0.4, 0.5) is 0 Å². The van der Waals surface area contributed by atoms with Crippen molar-refractivity contribution in [2.24, 2.45) is 5.10 Å². The van der Waals surface area contributed by atoms with E-state index in [2.05, 4.69) is 17.1 Å². The van der Waals surface area contributed by atoms with Crippen molar-refractivity contribution in [3.05, 3.63) is 99.6 Å². The van der Waals surface area contributed by atoms with E-state index in [1.165, 1.54) is 17.1 Å². The highest BCUT2D eigenvalue weighted by atomic mass is 35.5. The van der Waals surface area contributed by atoms with E-state index in [0.717, 1.165) is 16.7 Å². The molecule has 0 spiro atoms. The van der Waals surface area contributed by atoms with E-state index < -0.39 is 0 Å². The van der Waals surface area contributed by atoms with Crippen molar-refractivity contribution in [3.63, 3.8) is 0 Å². The summed E-state index contributed by atoms with van der Waals surface area (Å²) >= 11 is 16.0. The molecule has 0 unspecified atom stereocenters. The molecule has 3 aromatic carbocycles. The van der Waals surface area contributed by atoms with E-state index in [-0.39, 0.29) is 19.1 Å². The molecule has 10 heteroatoms. The summed E-state index contributed by atoms with van der Waals surface area (Å²) in [6.07, 6.45) is 3.87. The number of benzene rings is 3. The molecule has 1 N–H and O–H groups in total. The van der Waals surface area contributed by atoms with Gasteiger partial charge in [0.2, 0.25) is 0 Å². The lowest BCUT2D eigenvalue weighted by molar-refractivity contribution is -0.123. The maximum Gasteiger partial charge on any atom is 0.277 e. The van der Waals surface area contributed by atoms with Gasteiger partial charge < -0.3 is 14.2 Å². The van der Waals surface area contributed by atoms with Crippen LogP contribution in [0.15, 0.2) is 72.4 Å². The molecule has 0 aromatic heterocycles. The Morgan fingerprint density at radius 2 is 1.85 bits per heavy atom. The first kappa shape index (κ1) is 29.2. The van der Waals surface area contributed by atoms with Gasteiger partial charge in [-0.1, -0.05) is 47.5 Å². The van der Waals surface area contributed by atoms with Gasteiger partial charge in [-0.3, -0.25) is 4.79 Å². The zero-order chi connectivity index (χ0) is 27.6. The predicted molar refractivity (Wildman–Crippen MR) is 163 cm³/mol. The Balaban J connectivity index is 1.34. The molecule has 39 heavy (non-hydrogen) atoms. The monoisotopic (exact) mass is 602 g/mol. The van der Waals surface area contributed by atoms with Gasteiger partial charge in [-0.15, -0.1) is 30.1 Å². The molecular weight excluding hydrogens is 575 g/mol. The van der Waals surface area contributed by atoms with Crippen LogP contribution in [-0.4, -0.2) is 37.3 Å². The molecule has 0 aliphatic carbocycles. The Morgan fingerprint density at radius 1 is 1.08 bits per heavy atom. The van der Waals surface area contributed by atoms with Crippen LogP contribution >= 0.6 is 46.7 Å². The van der Waals surface area contributed by atoms with Crippen molar-refractivity contribution < 1.29 is 19.0 Å². The molecule has 204 valence electrons. The highest BCUT2D eigenvalue weighted by Gasteiger charge is 2.18. The normalized spacial score (nSPS) is 13.4. The lowest BCUT2D eigenvalue weighted by atomic mass is 10.1. The molecule has 3 aromatic rings. The second-order valence-electron chi connectivity index (χ2n) is 8.47. The van der Waals surface area contributed by atoms with Crippen LogP contribution in [0.3, 0.4) is 0 Å². The smallest absolute Gasteiger partial charge is 0.277 e. The van der Waals surface area contributed by atoms with Crippen molar-refractivity contribution in [3.8, 4) is 17.2 Å². The van der Waals surface area contributed by atoms with Crippen molar-refractivity contribution in [2.75, 3.05) is 25.2 Å². The molecule has 1 aliphatic heterocycles. The average Bonchev–Trinajstić information content (AvgIpc) is 3.48. The third kappa shape index (κ3) is 8.35. The van der Waals surface area contributed by atoms with Crippen LogP contribution in [0, 0.1) is 0 Å². The largest absolute Gasteiger partial charge is 0.493 e. The minimum atomic E-state index is -0.364. The van der Waals surface area contributed by atoms with Gasteiger partial charge in [0.25, 0.3) is 5.91 Å². The summed E-state index contributed by atoms with van der Waals surface area (Å²) in [6, 6.07) is 16.9. The van der Waals surface area contributed by atoms with Gasteiger partial charge in [-0.25, -0.2) is 5.43 Å². The van der Waals surface area contributed by atoms with Crippen LogP contribution < -0.4 is 19.6 Å². The highest BCUT2D eigenvalue weighted by molar-refractivity contribution is 8.19. The number of thioether (sulfide) groups is 2. The number of hydrazone groups is 1. The van der Waals surface area contributed by atoms with Crippen molar-refractivity contribution in [1.29, 1.82) is 0 Å². The number of halogens is 2. The maximum absolute atomic E-state index is 12.3. The minimum absolute atomic E-state index is 0.143. The van der Waals surface area contributed by atoms with E-state index in [1.54, 1.807) is 37.6 Å². The zero-order valence-corrected chi connectivity index (χ0v) is 24.5. The van der Waals surface area contributed by atoms with E-state index >= 15 is 0 Å². The van der Waals surface area contributed by atoms with E-state index in [9.17, 15) is 4.79 Å². The first-order chi connectivity index (χ1) is 19.0. The summed E-state index contributed by atoms with van der Waals surface area (Å²) < 4.78 is 17.8. The number of hydrogen-bond acceptors (Lipinski definition) is 7. The Hall–Kier alpha value is -2.78. The molecule has 4 rings (SSSR count). The molecule has 1 heterocycles. The Bertz CT molecular complexity index is 1330. The van der Waals surface area contributed by atoms with Crippen molar-refractivity contribution >= 4 is 58.8 Å². The van der Waals surface area contributed by atoms with E-state index in [4.69, 9.17) is 37.4 Å². The molecule has 0 atom stereocenters. The van der Waals surface area contributed by atoms with E-state index in [1.807, 2.05) is 59.9 Å². The molecular formula is C29H28Cl2N2O4S2. The quantitative estimate of drug-likeness (QED) is 0.133. The van der Waals surface area contributed by atoms with Gasteiger partial charge in [0, 0.05) is 17.1 Å². The SMILES string of the molecule is C=CCc1cc(/C=N\NC(=O)COc2ccc(C3SCCS3)cc2)cc(OC)c1OCc1ccc(Cl)c(Cl)c1. The predicted octanol–water partition coefficient (Wildman–Crippen LogP) is 7.32. The van der Waals surface area contributed by atoms with Crippen molar-refractivity contribution in [2.45, 2.75) is 17.6 Å². The average molecular weight is 604 g/mol. The second-order valence-corrected chi connectivity index (χ2v) is 12.0. The fourth-order valence-electron chi connectivity index (χ4n) is 3.80. The number of hydrogen-bond donors (Lipinski definition) is 1. The highest BCUT2D eigenvalue weighted by Crippen LogP contribution is 2.45. The Labute approximate surface area is 247 Å². The summed E-state index contributed by atoms with van der Waals surface area (Å²) in [7, 11) is 1.57. The number of methoxy groups -OCH3 is 1. The fourth-order valence-corrected chi connectivity index (χ4v) is 6.98. The molecule has 1 fully saturated rings. The molecule has 6 nitrogen and oxygen atoms in total. The van der Waals surface area contributed by atoms with Gasteiger partial charge in [0.15, 0.2) is 18.1 Å². The number of allylic oxidation sites excluding steroid dienone is 1. The van der Waals surface area contributed by atoms with Gasteiger partial charge in [-0.05, 0) is 59.5 Å². The first-order valence-electron chi connectivity index (χ1n) is 12.1. The number of nitrogens with one attached hydrogen (secondary N) is 1. The summed E-state index contributed by atoms with van der Waals surface area (Å²) in [5, 5.41) is 5.03. The van der Waals surface area contributed by atoms with E-state index in [0.29, 0.717) is 38.3 Å². The summed E-state index contributed by atoms with van der Waals surface area (Å²) in [5.74, 6) is 3.75. The van der Waals surface area contributed by atoms with Crippen molar-refractivity contribution in [1.82, 2.24) is 5.43 Å². The van der Waals surface area contributed by atoms with Gasteiger partial charge in [0.05, 0.1) is 28.0 Å². The molecule has 0 bridgehead atoms. The second kappa shape index (κ2) is 14.6. The van der Waals surface area contributed by atoms with Gasteiger partial charge >= 0.3 is 0 Å². The van der Waals surface area contributed by atoms with Gasteiger partial charge in [-0.2, -0.15) is 5.10 Å². The van der Waals surface area contributed by atoms with Crippen LogP contribution in [0.5, 0.6) is 17.2 Å². The molecule has 0 radical (unpaired) electrons. The number of amides is 1. The lowest BCUT2D eigenvalue weighted by Gasteiger charge is -2.16. The van der Waals surface area contributed by atoms with Crippen LogP contribution in [0.2, 0.25) is 10.0 Å². The third-order valence-electron chi connectivity index (χ3n) is 5.65. The summed E-state index contributed by atoms with van der Waals surface area (Å²) in [6.45, 7) is 3.98.